The van der Waals surface area contributed by atoms with Gasteiger partial charge in [-0.3, -0.25) is 4.79 Å². The van der Waals surface area contributed by atoms with Gasteiger partial charge in [0.15, 0.2) is 11.5 Å². The van der Waals surface area contributed by atoms with Crippen molar-refractivity contribution in [3.8, 4) is 23.0 Å². The van der Waals surface area contributed by atoms with Crippen molar-refractivity contribution < 1.29 is 48.3 Å². The van der Waals surface area contributed by atoms with Crippen LogP contribution in [-0.2, 0) is 20.9 Å². The third-order valence-electron chi connectivity index (χ3n) is 12.0. The number of ether oxygens (including phenoxy) is 5. The fourth-order valence-electron chi connectivity index (χ4n) is 9.33. The summed E-state index contributed by atoms with van der Waals surface area (Å²) in [6.07, 6.45) is 9.88. The second kappa shape index (κ2) is 18.4. The zero-order valence-electron chi connectivity index (χ0n) is 35.0. The standard InChI is InChI=1S/C46H61N3O10/c1-6-22-56-46-40(49(43(52)30-15-16-30)27-29-14-18-38-39(23-29)55-28-54-38)26-36(48-59-45(3,4)5)34-24-31(12-8-10-20-50)33(13-9-11-21-51)41(42(34)46)35-25-32(17-19-37(35)58-46)57-44(53)47-7-2/h6,14,17-19,23-25,30-31,33,40-42,50-51H,1,7-13,15-16,20-22,26-28H2,2-5H3,(H,47,53)/t31-,33+,40-,41+,42+,46+/m0/s1. The summed E-state index contributed by atoms with van der Waals surface area (Å²) in [5.74, 6) is 0.0678. The third-order valence-corrected chi connectivity index (χ3v) is 12.0. The minimum atomic E-state index is -1.41. The molecule has 3 aliphatic carbocycles. The molecular weight excluding hydrogens is 755 g/mol. The number of amides is 2. The Morgan fingerprint density at radius 2 is 1.76 bits per heavy atom. The monoisotopic (exact) mass is 815 g/mol. The first kappa shape index (κ1) is 42.5. The Hall–Kier alpha value is -4.59. The maximum Gasteiger partial charge on any atom is 0.412 e. The van der Waals surface area contributed by atoms with Crippen LogP contribution in [-0.4, -0.2) is 83.4 Å². The topological polar surface area (TPSA) is 158 Å². The molecule has 2 aliphatic heterocycles. The molecule has 13 nitrogen and oxygen atoms in total. The molecule has 320 valence electrons. The lowest BCUT2D eigenvalue weighted by Crippen LogP contribution is -2.70. The van der Waals surface area contributed by atoms with E-state index >= 15 is 0 Å². The molecule has 0 spiro atoms. The van der Waals surface area contributed by atoms with Crippen LogP contribution in [0, 0.1) is 23.7 Å². The van der Waals surface area contributed by atoms with Crippen LogP contribution in [0.15, 0.2) is 65.9 Å². The number of oxime groups is 1. The molecule has 7 rings (SSSR count). The Labute approximate surface area is 347 Å². The molecule has 2 saturated carbocycles. The average Bonchev–Trinajstić information content (AvgIpc) is 3.96. The summed E-state index contributed by atoms with van der Waals surface area (Å²) in [6, 6.07) is 10.6. The summed E-state index contributed by atoms with van der Waals surface area (Å²) in [5, 5.41) is 27.5. The van der Waals surface area contributed by atoms with Crippen LogP contribution < -0.4 is 24.3 Å². The van der Waals surface area contributed by atoms with E-state index in [1.54, 1.807) is 12.1 Å². The smallest absolute Gasteiger partial charge is 0.412 e. The predicted octanol–water partition coefficient (Wildman–Crippen LogP) is 7.39. The van der Waals surface area contributed by atoms with Gasteiger partial charge in [-0.05, 0) is 120 Å². The van der Waals surface area contributed by atoms with Crippen molar-refractivity contribution in [2.24, 2.45) is 28.8 Å². The van der Waals surface area contributed by atoms with Gasteiger partial charge >= 0.3 is 6.09 Å². The number of rotatable bonds is 18. The molecule has 0 saturated heterocycles. The highest BCUT2D eigenvalue weighted by Gasteiger charge is 2.66. The van der Waals surface area contributed by atoms with E-state index in [0.29, 0.717) is 42.4 Å². The maximum absolute atomic E-state index is 14.8. The second-order valence-corrected chi connectivity index (χ2v) is 17.3. The van der Waals surface area contributed by atoms with Crippen molar-refractivity contribution in [1.82, 2.24) is 10.2 Å². The minimum absolute atomic E-state index is 0.0200. The molecule has 2 fully saturated rings. The number of nitrogens with zero attached hydrogens (tertiary/aromatic N) is 2. The Balaban J connectivity index is 1.45. The number of benzene rings is 2. The fourth-order valence-corrected chi connectivity index (χ4v) is 9.33. The van der Waals surface area contributed by atoms with Crippen LogP contribution >= 0.6 is 0 Å². The van der Waals surface area contributed by atoms with E-state index in [1.807, 2.05) is 62.9 Å². The summed E-state index contributed by atoms with van der Waals surface area (Å²) in [5.41, 5.74) is 2.81. The van der Waals surface area contributed by atoms with Crippen molar-refractivity contribution in [3.05, 3.63) is 71.8 Å². The van der Waals surface area contributed by atoms with Crippen LogP contribution in [0.5, 0.6) is 23.0 Å². The summed E-state index contributed by atoms with van der Waals surface area (Å²) < 4.78 is 31.7. The van der Waals surface area contributed by atoms with Crippen LogP contribution in [0.3, 0.4) is 0 Å². The SMILES string of the molecule is C=CCO[C@@]12Oc3ccc(OC(=O)NCC)cc3[C@H]3[C@H](CCCCO)[C@@H](CCCCO)C=C(C(=NOC(C)(C)C)C[C@@H]1N(Cc1ccc4c(c1)OCO4)C(=O)C1CC1)[C@H]32. The van der Waals surface area contributed by atoms with Crippen LogP contribution in [0.1, 0.15) is 103 Å². The largest absolute Gasteiger partial charge is 0.459 e. The first-order valence-corrected chi connectivity index (χ1v) is 21.4. The normalized spacial score (nSPS) is 25.9. The van der Waals surface area contributed by atoms with E-state index in [-0.39, 0.29) is 69.2 Å². The Bertz CT molecular complexity index is 1900. The maximum atomic E-state index is 14.8. The first-order chi connectivity index (χ1) is 28.5. The third kappa shape index (κ3) is 9.27. The van der Waals surface area contributed by atoms with Crippen molar-refractivity contribution in [1.29, 1.82) is 0 Å². The van der Waals surface area contributed by atoms with E-state index in [1.165, 1.54) is 0 Å². The lowest BCUT2D eigenvalue weighted by atomic mass is 9.55. The molecule has 13 heteroatoms. The van der Waals surface area contributed by atoms with E-state index in [0.717, 1.165) is 60.9 Å². The molecule has 3 N–H and O–H groups in total. The van der Waals surface area contributed by atoms with Gasteiger partial charge in [0.1, 0.15) is 23.1 Å². The van der Waals surface area contributed by atoms with Gasteiger partial charge in [-0.15, -0.1) is 6.58 Å². The number of aliphatic hydroxyl groups excluding tert-OH is 2. The van der Waals surface area contributed by atoms with Crippen LogP contribution in [0.25, 0.3) is 0 Å². The van der Waals surface area contributed by atoms with Crippen molar-refractivity contribution in [2.45, 2.75) is 115 Å². The zero-order chi connectivity index (χ0) is 41.7. The van der Waals surface area contributed by atoms with Crippen LogP contribution in [0.4, 0.5) is 4.79 Å². The average molecular weight is 816 g/mol. The highest BCUT2D eigenvalue weighted by molar-refractivity contribution is 6.03. The van der Waals surface area contributed by atoms with Crippen molar-refractivity contribution in [2.75, 3.05) is 33.2 Å². The van der Waals surface area contributed by atoms with Gasteiger partial charge in [0.2, 0.25) is 18.5 Å². The molecule has 0 aromatic heterocycles. The number of hydrogen-bond acceptors (Lipinski definition) is 11. The summed E-state index contributed by atoms with van der Waals surface area (Å²) >= 11 is 0. The molecule has 59 heavy (non-hydrogen) atoms. The highest BCUT2D eigenvalue weighted by atomic mass is 16.7. The van der Waals surface area contributed by atoms with Crippen molar-refractivity contribution in [3.63, 3.8) is 0 Å². The van der Waals surface area contributed by atoms with Crippen molar-refractivity contribution >= 4 is 17.7 Å². The molecule has 5 aliphatic rings. The van der Waals surface area contributed by atoms with Gasteiger partial charge in [-0.1, -0.05) is 36.2 Å². The van der Waals surface area contributed by atoms with Gasteiger partial charge in [0.05, 0.1) is 18.2 Å². The van der Waals surface area contributed by atoms with E-state index in [4.69, 9.17) is 33.7 Å². The molecule has 0 unspecified atom stereocenters. The lowest BCUT2D eigenvalue weighted by molar-refractivity contribution is -0.258. The van der Waals surface area contributed by atoms with Gasteiger partial charge in [0.25, 0.3) is 0 Å². The summed E-state index contributed by atoms with van der Waals surface area (Å²) in [4.78, 5) is 35.8. The summed E-state index contributed by atoms with van der Waals surface area (Å²) in [6.45, 7) is 12.9. The summed E-state index contributed by atoms with van der Waals surface area (Å²) in [7, 11) is 0. The second-order valence-electron chi connectivity index (χ2n) is 17.3. The molecule has 0 radical (unpaired) electrons. The number of carbonyl (C=O) groups excluding carboxylic acids is 2. The number of allylic oxidation sites excluding steroid dienone is 1. The van der Waals surface area contributed by atoms with Gasteiger partial charge in [-0.2, -0.15) is 0 Å². The number of unbranched alkanes of at least 4 members (excludes halogenated alkanes) is 2. The highest BCUT2D eigenvalue weighted by Crippen LogP contribution is 2.62. The number of nitrogens with one attached hydrogen (secondary N) is 1. The first-order valence-electron chi connectivity index (χ1n) is 21.4. The molecule has 6 atom stereocenters. The minimum Gasteiger partial charge on any atom is -0.459 e. The molecule has 0 bridgehead atoms. The number of hydrogen-bond donors (Lipinski definition) is 3. The molecule has 2 aromatic carbocycles. The Morgan fingerprint density at radius 3 is 2.47 bits per heavy atom. The predicted molar refractivity (Wildman–Crippen MR) is 221 cm³/mol. The number of carbonyl (C=O) groups is 2. The molecular formula is C46H61N3O10. The van der Waals surface area contributed by atoms with Gasteiger partial charge in [-0.25, -0.2) is 4.79 Å². The molecule has 2 amide bonds. The fraction of sp³-hybridized carbons (Fsp3) is 0.587. The van der Waals surface area contributed by atoms with Gasteiger partial charge < -0.3 is 49.0 Å². The quantitative estimate of drug-likeness (QED) is 0.0788. The Morgan fingerprint density at radius 1 is 1.02 bits per heavy atom. The van der Waals surface area contributed by atoms with E-state index < -0.39 is 29.4 Å². The Kier molecular flexibility index (Phi) is 13.2. The van der Waals surface area contributed by atoms with Crippen LogP contribution in [0.2, 0.25) is 0 Å². The van der Waals surface area contributed by atoms with E-state index in [9.17, 15) is 19.8 Å². The number of aliphatic hydroxyl groups is 2. The molecule has 2 aromatic rings. The van der Waals surface area contributed by atoms with E-state index in [2.05, 4.69) is 18.0 Å². The molecule has 2 heterocycles. The zero-order valence-corrected chi connectivity index (χ0v) is 35.0. The number of fused-ring (bicyclic) bond motifs is 3. The van der Waals surface area contributed by atoms with Gasteiger partial charge in [0, 0.05) is 50.1 Å². The lowest BCUT2D eigenvalue weighted by Gasteiger charge is -2.60.